The van der Waals surface area contributed by atoms with Crippen LogP contribution >= 0.6 is 35.4 Å². The van der Waals surface area contributed by atoms with Gasteiger partial charge >= 0.3 is 5.97 Å². The van der Waals surface area contributed by atoms with E-state index in [2.05, 4.69) is 5.32 Å². The number of carbonyl (C=O) groups is 3. The number of anilines is 1. The first-order valence-electron chi connectivity index (χ1n) is 8.92. The summed E-state index contributed by atoms with van der Waals surface area (Å²) in [4.78, 5) is 38.1. The molecule has 0 radical (unpaired) electrons. The zero-order valence-electron chi connectivity index (χ0n) is 15.6. The minimum Gasteiger partial charge on any atom is -0.480 e. The summed E-state index contributed by atoms with van der Waals surface area (Å²) in [6.07, 6.45) is 3.01. The zero-order valence-corrected chi connectivity index (χ0v) is 18.0. The molecule has 0 spiro atoms. The molecule has 0 unspecified atom stereocenters. The Bertz CT molecular complexity index is 1320. The number of nitrogens with one attached hydrogen (secondary N) is 1. The van der Waals surface area contributed by atoms with Crippen molar-refractivity contribution < 1.29 is 19.5 Å². The first-order chi connectivity index (χ1) is 14.8. The Hall–Kier alpha value is -3.20. The third-order valence-electron chi connectivity index (χ3n) is 4.69. The van der Waals surface area contributed by atoms with Gasteiger partial charge in [-0.25, -0.2) is 0 Å². The number of benzene rings is 2. The smallest absolute Gasteiger partial charge is 0.323 e. The Morgan fingerprint density at radius 3 is 2.58 bits per heavy atom. The number of hydrogen-bond donors (Lipinski definition) is 2. The van der Waals surface area contributed by atoms with Gasteiger partial charge in [-0.15, -0.1) is 0 Å². The summed E-state index contributed by atoms with van der Waals surface area (Å²) in [5, 5.41) is 12.8. The van der Waals surface area contributed by atoms with Crippen molar-refractivity contribution in [1.29, 1.82) is 0 Å². The van der Waals surface area contributed by atoms with E-state index in [0.29, 0.717) is 27.2 Å². The Kier molecular flexibility index (Phi) is 5.53. The number of hydrogen-bond acceptors (Lipinski definition) is 4. The maximum atomic E-state index is 13.2. The van der Waals surface area contributed by atoms with Gasteiger partial charge in [0, 0.05) is 22.7 Å². The molecule has 156 valence electrons. The molecule has 4 rings (SSSR count). The standard InChI is InChI=1S/C21H13Cl2N3O4S/c22-15-6-5-12(8-16(15)23)26-20(30)14(19(29)24-21(26)31)7-11-9-25(10-18(27)28)17-4-2-1-3-13(11)17/h1-9H,10H2,(H,27,28)(H,24,29,31)/b14-7+. The summed E-state index contributed by atoms with van der Waals surface area (Å²) in [6.45, 7) is -0.261. The van der Waals surface area contributed by atoms with E-state index in [1.807, 2.05) is 0 Å². The van der Waals surface area contributed by atoms with Crippen LogP contribution in [0.5, 0.6) is 0 Å². The van der Waals surface area contributed by atoms with Crippen molar-refractivity contribution >= 4 is 81.0 Å². The number of thiocarbonyl (C=S) groups is 1. The number of para-hydroxylation sites is 1. The van der Waals surface area contributed by atoms with Crippen LogP contribution in [0.15, 0.2) is 54.2 Å². The van der Waals surface area contributed by atoms with Gasteiger partial charge in [-0.05, 0) is 42.6 Å². The number of aromatic nitrogens is 1. The monoisotopic (exact) mass is 473 g/mol. The first kappa shape index (κ1) is 21.0. The molecule has 0 bridgehead atoms. The number of fused-ring (bicyclic) bond motifs is 1. The van der Waals surface area contributed by atoms with Crippen LogP contribution in [0.1, 0.15) is 5.56 Å². The average molecular weight is 474 g/mol. The quantitative estimate of drug-likeness (QED) is 0.341. The molecular weight excluding hydrogens is 461 g/mol. The lowest BCUT2D eigenvalue weighted by Crippen LogP contribution is -2.54. The van der Waals surface area contributed by atoms with Gasteiger partial charge in [-0.1, -0.05) is 41.4 Å². The number of carboxylic acid groups (broad SMARTS) is 1. The summed E-state index contributed by atoms with van der Waals surface area (Å²) in [5.41, 5.74) is 1.39. The second-order valence-corrected chi connectivity index (χ2v) is 7.88. The van der Waals surface area contributed by atoms with Gasteiger partial charge in [0.1, 0.15) is 12.1 Å². The highest BCUT2D eigenvalue weighted by Gasteiger charge is 2.35. The van der Waals surface area contributed by atoms with Gasteiger partial charge in [-0.2, -0.15) is 0 Å². The van der Waals surface area contributed by atoms with Crippen LogP contribution in [0, 0.1) is 0 Å². The number of halogens is 2. The van der Waals surface area contributed by atoms with Crippen LogP contribution in [0.25, 0.3) is 17.0 Å². The fourth-order valence-electron chi connectivity index (χ4n) is 3.34. The third-order valence-corrected chi connectivity index (χ3v) is 5.71. The zero-order chi connectivity index (χ0) is 22.3. The highest BCUT2D eigenvalue weighted by Crippen LogP contribution is 2.30. The Balaban J connectivity index is 1.81. The number of rotatable bonds is 4. The van der Waals surface area contributed by atoms with Crippen molar-refractivity contribution in [1.82, 2.24) is 9.88 Å². The molecule has 0 atom stereocenters. The molecule has 2 amide bonds. The minimum atomic E-state index is -1.01. The van der Waals surface area contributed by atoms with Crippen molar-refractivity contribution in [3.63, 3.8) is 0 Å². The van der Waals surface area contributed by atoms with Crippen LogP contribution < -0.4 is 10.2 Å². The molecule has 31 heavy (non-hydrogen) atoms. The van der Waals surface area contributed by atoms with Crippen LogP contribution in [0.2, 0.25) is 10.0 Å². The Morgan fingerprint density at radius 2 is 1.87 bits per heavy atom. The van der Waals surface area contributed by atoms with E-state index in [0.717, 1.165) is 4.90 Å². The van der Waals surface area contributed by atoms with Crippen molar-refractivity contribution in [2.45, 2.75) is 6.54 Å². The Morgan fingerprint density at radius 1 is 1.13 bits per heavy atom. The highest BCUT2D eigenvalue weighted by molar-refractivity contribution is 7.80. The van der Waals surface area contributed by atoms with Gasteiger partial charge in [0.15, 0.2) is 5.11 Å². The molecule has 1 saturated heterocycles. The van der Waals surface area contributed by atoms with Crippen molar-refractivity contribution in [3.05, 3.63) is 69.8 Å². The second kappa shape index (κ2) is 8.14. The molecule has 3 aromatic rings. The average Bonchev–Trinajstić information content (AvgIpc) is 3.04. The summed E-state index contributed by atoms with van der Waals surface area (Å²) in [6, 6.07) is 11.7. The maximum absolute atomic E-state index is 13.2. The molecule has 1 aliphatic rings. The molecule has 1 aliphatic heterocycles. The molecule has 7 nitrogen and oxygen atoms in total. The third kappa shape index (κ3) is 3.93. The van der Waals surface area contributed by atoms with Gasteiger partial charge in [0.05, 0.1) is 15.7 Å². The lowest BCUT2D eigenvalue weighted by molar-refractivity contribution is -0.137. The molecule has 10 heteroatoms. The number of aliphatic carboxylic acids is 1. The van der Waals surface area contributed by atoms with Gasteiger partial charge in [0.2, 0.25) is 0 Å². The molecule has 0 aliphatic carbocycles. The number of carbonyl (C=O) groups excluding carboxylic acids is 2. The van der Waals surface area contributed by atoms with E-state index in [1.165, 1.54) is 22.8 Å². The lowest BCUT2D eigenvalue weighted by Gasteiger charge is -2.29. The topological polar surface area (TPSA) is 91.6 Å². The van der Waals surface area contributed by atoms with E-state index in [1.54, 1.807) is 36.5 Å². The normalized spacial score (nSPS) is 15.6. The molecule has 2 aromatic carbocycles. The Labute approximate surface area is 191 Å². The fourth-order valence-corrected chi connectivity index (χ4v) is 3.91. The van der Waals surface area contributed by atoms with E-state index in [9.17, 15) is 19.5 Å². The summed E-state index contributed by atoms with van der Waals surface area (Å²) in [7, 11) is 0. The number of nitrogens with zero attached hydrogens (tertiary/aromatic N) is 2. The molecular formula is C21H13Cl2N3O4S. The van der Waals surface area contributed by atoms with Crippen molar-refractivity contribution in [3.8, 4) is 0 Å². The maximum Gasteiger partial charge on any atom is 0.323 e. The molecule has 0 saturated carbocycles. The summed E-state index contributed by atoms with van der Waals surface area (Å²) < 4.78 is 1.54. The second-order valence-electron chi connectivity index (χ2n) is 6.68. The van der Waals surface area contributed by atoms with Crippen LogP contribution in [0.3, 0.4) is 0 Å². The minimum absolute atomic E-state index is 0.0844. The SMILES string of the molecule is O=C(O)Cn1cc(/C=C2\C(=O)NC(=S)N(c3ccc(Cl)c(Cl)c3)C2=O)c2ccccc21. The summed E-state index contributed by atoms with van der Waals surface area (Å²) >= 11 is 17.2. The predicted molar refractivity (Wildman–Crippen MR) is 122 cm³/mol. The molecule has 2 N–H and O–H groups in total. The van der Waals surface area contributed by atoms with E-state index >= 15 is 0 Å². The van der Waals surface area contributed by atoms with Crippen molar-refractivity contribution in [2.24, 2.45) is 0 Å². The molecule has 1 fully saturated rings. The van der Waals surface area contributed by atoms with Crippen molar-refractivity contribution in [2.75, 3.05) is 4.90 Å². The fraction of sp³-hybridized carbons (Fsp3) is 0.0476. The highest BCUT2D eigenvalue weighted by atomic mass is 35.5. The van der Waals surface area contributed by atoms with Gasteiger partial charge in [0.25, 0.3) is 11.8 Å². The number of carboxylic acids is 1. The first-order valence-corrected chi connectivity index (χ1v) is 10.1. The lowest BCUT2D eigenvalue weighted by atomic mass is 10.1. The van der Waals surface area contributed by atoms with Gasteiger partial charge in [-0.3, -0.25) is 24.6 Å². The van der Waals surface area contributed by atoms with E-state index in [4.69, 9.17) is 35.4 Å². The van der Waals surface area contributed by atoms with Crippen LogP contribution in [-0.2, 0) is 20.9 Å². The predicted octanol–water partition coefficient (Wildman–Crippen LogP) is 3.86. The van der Waals surface area contributed by atoms with E-state index < -0.39 is 17.8 Å². The number of amides is 2. The van der Waals surface area contributed by atoms with Gasteiger partial charge < -0.3 is 9.67 Å². The largest absolute Gasteiger partial charge is 0.480 e. The molecule has 1 aromatic heterocycles. The van der Waals surface area contributed by atoms with E-state index in [-0.39, 0.29) is 22.3 Å². The van der Waals surface area contributed by atoms with Crippen LogP contribution in [-0.4, -0.2) is 32.6 Å². The summed E-state index contributed by atoms with van der Waals surface area (Å²) in [5.74, 6) is -2.30. The van der Waals surface area contributed by atoms with Crippen LogP contribution in [0.4, 0.5) is 5.69 Å². The molecule has 2 heterocycles.